The molecule has 0 spiro atoms. The van der Waals surface area contributed by atoms with Crippen molar-refractivity contribution in [3.8, 4) is 0 Å². The van der Waals surface area contributed by atoms with Crippen LogP contribution in [0, 0.1) is 11.6 Å². The van der Waals surface area contributed by atoms with Crippen LogP contribution in [0.1, 0.15) is 37.3 Å². The van der Waals surface area contributed by atoms with E-state index in [1.807, 2.05) is 24.3 Å². The fraction of sp³-hybridized carbons (Fsp3) is 0.160. The lowest BCUT2D eigenvalue weighted by atomic mass is 9.94. The monoisotopic (exact) mass is 405 g/mol. The molecule has 0 unspecified atom stereocenters. The average molecular weight is 405 g/mol. The number of allylic oxidation sites excluding steroid dienone is 1. The highest BCUT2D eigenvalue weighted by molar-refractivity contribution is 6.08. The molecule has 1 heterocycles. The summed E-state index contributed by atoms with van der Waals surface area (Å²) in [4.78, 5) is 14.5. The Kier molecular flexibility index (Phi) is 5.61. The molecule has 3 aromatic carbocycles. The Morgan fingerprint density at radius 3 is 2.20 bits per heavy atom. The normalized spacial score (nSPS) is 14.9. The van der Waals surface area contributed by atoms with Gasteiger partial charge in [0, 0.05) is 11.1 Å². The second-order valence-corrected chi connectivity index (χ2v) is 7.12. The van der Waals surface area contributed by atoms with Crippen LogP contribution in [0.2, 0.25) is 0 Å². The predicted octanol–water partition coefficient (Wildman–Crippen LogP) is 7.31. The first kappa shape index (κ1) is 19.8. The van der Waals surface area contributed by atoms with Gasteiger partial charge in [-0.1, -0.05) is 37.6 Å². The number of ether oxygens (including phenoxy) is 1. The van der Waals surface area contributed by atoms with Gasteiger partial charge < -0.3 is 4.74 Å². The molecular weight excluding hydrogens is 384 g/mol. The summed E-state index contributed by atoms with van der Waals surface area (Å²) in [5, 5.41) is 0. The number of hydrogen-bond acceptors (Lipinski definition) is 2. The molecule has 30 heavy (non-hydrogen) atoms. The molecule has 3 nitrogen and oxygen atoms in total. The maximum atomic E-state index is 13.5. The molecule has 1 aliphatic rings. The molecule has 0 N–H and O–H groups in total. The highest BCUT2D eigenvalue weighted by Crippen LogP contribution is 2.42. The lowest BCUT2D eigenvalue weighted by Crippen LogP contribution is -2.31. The number of hydrogen-bond donors (Lipinski definition) is 0. The van der Waals surface area contributed by atoms with Crippen molar-refractivity contribution in [2.24, 2.45) is 0 Å². The zero-order chi connectivity index (χ0) is 21.1. The van der Waals surface area contributed by atoms with Crippen LogP contribution in [0.4, 0.5) is 25.0 Å². The largest absolute Gasteiger partial charge is 0.424 e. The highest BCUT2D eigenvalue weighted by atomic mass is 19.1. The van der Waals surface area contributed by atoms with Crippen LogP contribution in [0.15, 0.2) is 72.8 Å². The van der Waals surface area contributed by atoms with E-state index in [9.17, 15) is 13.6 Å². The summed E-state index contributed by atoms with van der Waals surface area (Å²) in [7, 11) is 0. The summed E-state index contributed by atoms with van der Waals surface area (Å²) in [5.41, 5.74) is 3.61. The van der Waals surface area contributed by atoms with Crippen molar-refractivity contribution < 1.29 is 18.3 Å². The van der Waals surface area contributed by atoms with E-state index in [2.05, 4.69) is 6.92 Å². The van der Waals surface area contributed by atoms with Crippen LogP contribution in [-0.4, -0.2) is 6.09 Å². The number of cyclic esters (lactones) is 1. The topological polar surface area (TPSA) is 29.5 Å². The molecule has 0 fully saturated rings. The second-order valence-electron chi connectivity index (χ2n) is 7.12. The van der Waals surface area contributed by atoms with Crippen LogP contribution in [0.5, 0.6) is 0 Å². The number of fused-ring (bicyclic) bond motifs is 1. The molecule has 0 bridgehead atoms. The molecule has 0 radical (unpaired) electrons. The molecule has 0 atom stereocenters. The first-order valence-electron chi connectivity index (χ1n) is 9.94. The molecular formula is C25H21F2NO2. The van der Waals surface area contributed by atoms with Gasteiger partial charge in [0.2, 0.25) is 0 Å². The molecule has 1 amide bonds. The lowest BCUT2D eigenvalue weighted by Gasteiger charge is -2.31. The number of carbonyl (C=O) groups excluding carboxylic acids is 1. The van der Waals surface area contributed by atoms with Crippen molar-refractivity contribution in [3.05, 3.63) is 95.6 Å². The number of carbonyl (C=O) groups is 1. The van der Waals surface area contributed by atoms with E-state index in [1.165, 1.54) is 29.2 Å². The lowest BCUT2D eigenvalue weighted by molar-refractivity contribution is 0.200. The summed E-state index contributed by atoms with van der Waals surface area (Å²) < 4.78 is 32.7. The summed E-state index contributed by atoms with van der Waals surface area (Å²) in [6.45, 7) is 2.09. The summed E-state index contributed by atoms with van der Waals surface area (Å²) in [5.74, 6) is -0.215. The van der Waals surface area contributed by atoms with E-state index < -0.39 is 6.09 Å². The van der Waals surface area contributed by atoms with Crippen molar-refractivity contribution in [3.63, 3.8) is 0 Å². The summed E-state index contributed by atoms with van der Waals surface area (Å²) >= 11 is 0. The minimum Gasteiger partial charge on any atom is -0.409 e. The van der Waals surface area contributed by atoms with E-state index in [1.54, 1.807) is 24.3 Å². The van der Waals surface area contributed by atoms with E-state index in [-0.39, 0.29) is 11.6 Å². The minimum atomic E-state index is -0.564. The van der Waals surface area contributed by atoms with Crippen LogP contribution in [-0.2, 0) is 4.74 Å². The van der Waals surface area contributed by atoms with Crippen molar-refractivity contribution in [1.82, 2.24) is 0 Å². The quantitative estimate of drug-likeness (QED) is 0.445. The van der Waals surface area contributed by atoms with Crippen LogP contribution in [0.3, 0.4) is 0 Å². The molecule has 0 aromatic heterocycles. The molecule has 0 saturated carbocycles. The fourth-order valence-electron chi connectivity index (χ4n) is 3.60. The SMILES string of the molecule is CCCC/C(=C1\OC(=O)N(c2ccc(F)cc2)c2ccccc21)c1ccc(F)cc1. The molecule has 3 aromatic rings. The smallest absolute Gasteiger partial charge is 0.409 e. The zero-order valence-corrected chi connectivity index (χ0v) is 16.6. The van der Waals surface area contributed by atoms with Gasteiger partial charge in [-0.15, -0.1) is 0 Å². The van der Waals surface area contributed by atoms with E-state index in [4.69, 9.17) is 4.74 Å². The Bertz CT molecular complexity index is 1090. The molecule has 4 rings (SSSR count). The highest BCUT2D eigenvalue weighted by Gasteiger charge is 2.32. The predicted molar refractivity (Wildman–Crippen MR) is 114 cm³/mol. The van der Waals surface area contributed by atoms with Gasteiger partial charge in [-0.05, 0) is 66.9 Å². The standard InChI is InChI=1S/C25H21F2NO2/c1-2-3-6-21(17-9-11-18(26)12-10-17)24-22-7-4-5-8-23(22)28(25(29)30-24)20-15-13-19(27)14-16-20/h4-5,7-16H,2-3,6H2,1H3/b24-21+. The maximum absolute atomic E-state index is 13.5. The van der Waals surface area contributed by atoms with Crippen molar-refractivity contribution in [2.75, 3.05) is 4.90 Å². The van der Waals surface area contributed by atoms with Gasteiger partial charge in [-0.25, -0.2) is 18.5 Å². The zero-order valence-electron chi connectivity index (χ0n) is 16.6. The van der Waals surface area contributed by atoms with Gasteiger partial charge in [0.25, 0.3) is 0 Å². The Hall–Kier alpha value is -3.47. The van der Waals surface area contributed by atoms with Gasteiger partial charge in [0.1, 0.15) is 17.4 Å². The van der Waals surface area contributed by atoms with Gasteiger partial charge >= 0.3 is 6.09 Å². The van der Waals surface area contributed by atoms with E-state index in [0.717, 1.165) is 29.5 Å². The molecule has 1 aliphatic heterocycles. The Balaban J connectivity index is 1.88. The van der Waals surface area contributed by atoms with Crippen LogP contribution < -0.4 is 4.90 Å². The molecule has 0 saturated heterocycles. The van der Waals surface area contributed by atoms with Crippen molar-refractivity contribution in [2.45, 2.75) is 26.2 Å². The first-order valence-corrected chi connectivity index (χ1v) is 9.94. The molecule has 0 aliphatic carbocycles. The van der Waals surface area contributed by atoms with Crippen LogP contribution in [0.25, 0.3) is 11.3 Å². The van der Waals surface area contributed by atoms with Gasteiger partial charge in [0.15, 0.2) is 0 Å². The number of anilines is 2. The first-order chi connectivity index (χ1) is 14.6. The molecule has 5 heteroatoms. The fourth-order valence-corrected chi connectivity index (χ4v) is 3.60. The number of nitrogens with zero attached hydrogens (tertiary/aromatic N) is 1. The number of para-hydroxylation sites is 1. The van der Waals surface area contributed by atoms with E-state index in [0.29, 0.717) is 23.6 Å². The average Bonchev–Trinajstić information content (AvgIpc) is 2.76. The number of unbranched alkanes of at least 4 members (excludes halogenated alkanes) is 1. The minimum absolute atomic E-state index is 0.317. The Labute approximate surface area is 174 Å². The maximum Gasteiger partial charge on any atom is 0.424 e. The summed E-state index contributed by atoms with van der Waals surface area (Å²) in [6, 6.07) is 19.4. The van der Waals surface area contributed by atoms with Crippen LogP contribution >= 0.6 is 0 Å². The third kappa shape index (κ3) is 3.83. The second kappa shape index (κ2) is 8.49. The van der Waals surface area contributed by atoms with Gasteiger partial charge in [-0.2, -0.15) is 0 Å². The third-order valence-corrected chi connectivity index (χ3v) is 5.09. The Morgan fingerprint density at radius 2 is 1.53 bits per heavy atom. The van der Waals surface area contributed by atoms with E-state index >= 15 is 0 Å². The number of benzene rings is 3. The van der Waals surface area contributed by atoms with Gasteiger partial charge in [0.05, 0.1) is 11.4 Å². The van der Waals surface area contributed by atoms with Gasteiger partial charge in [-0.3, -0.25) is 0 Å². The number of halogens is 2. The number of amides is 1. The Morgan fingerprint density at radius 1 is 0.900 bits per heavy atom. The summed E-state index contributed by atoms with van der Waals surface area (Å²) in [6.07, 6.45) is 1.99. The molecule has 152 valence electrons. The van der Waals surface area contributed by atoms with Crippen molar-refractivity contribution in [1.29, 1.82) is 0 Å². The third-order valence-electron chi connectivity index (χ3n) is 5.09. The van der Waals surface area contributed by atoms with Crippen molar-refractivity contribution >= 4 is 28.8 Å². The number of rotatable bonds is 5.